The minimum atomic E-state index is -0.120. The molecule has 3 aliphatic rings. The van der Waals surface area contributed by atoms with Crippen LogP contribution in [0.3, 0.4) is 0 Å². The van der Waals surface area contributed by atoms with Crippen molar-refractivity contribution in [1.82, 2.24) is 19.9 Å². The second-order valence-electron chi connectivity index (χ2n) is 7.55. The van der Waals surface area contributed by atoms with Crippen LogP contribution in [0.2, 0.25) is 0 Å². The Morgan fingerprint density at radius 3 is 2.65 bits per heavy atom. The van der Waals surface area contributed by atoms with Crippen LogP contribution in [0, 0.1) is 5.92 Å². The zero-order chi connectivity index (χ0) is 15.6. The van der Waals surface area contributed by atoms with Crippen molar-refractivity contribution in [2.75, 3.05) is 26.2 Å². The second kappa shape index (κ2) is 6.87. The van der Waals surface area contributed by atoms with E-state index in [-0.39, 0.29) is 6.10 Å². The summed E-state index contributed by atoms with van der Waals surface area (Å²) in [4.78, 5) is 9.45. The standard InChI is InChI=1S/C17H28N4O2/c22-15-2-1-7-21(11-15)14-5-8-20(9-6-14)12-17-18-16(19-23-17)10-13-3-4-13/h13-15,22H,1-12H2/t15-/m0/s1. The lowest BCUT2D eigenvalue weighted by molar-refractivity contribution is 0.0231. The Balaban J connectivity index is 1.23. The van der Waals surface area contributed by atoms with Crippen LogP contribution in [0.15, 0.2) is 4.52 Å². The van der Waals surface area contributed by atoms with Gasteiger partial charge < -0.3 is 9.63 Å². The van der Waals surface area contributed by atoms with Gasteiger partial charge in [-0.2, -0.15) is 4.98 Å². The number of hydrogen-bond acceptors (Lipinski definition) is 6. The number of aromatic nitrogens is 2. The number of likely N-dealkylation sites (tertiary alicyclic amines) is 2. The monoisotopic (exact) mass is 320 g/mol. The lowest BCUT2D eigenvalue weighted by atomic mass is 9.99. The second-order valence-corrected chi connectivity index (χ2v) is 7.55. The smallest absolute Gasteiger partial charge is 0.240 e. The Morgan fingerprint density at radius 2 is 1.91 bits per heavy atom. The first kappa shape index (κ1) is 15.5. The molecule has 2 saturated heterocycles. The Bertz CT molecular complexity index is 508. The molecule has 1 saturated carbocycles. The summed E-state index contributed by atoms with van der Waals surface area (Å²) in [6.07, 6.45) is 7.97. The fourth-order valence-corrected chi connectivity index (χ4v) is 3.97. The van der Waals surface area contributed by atoms with E-state index in [1.165, 1.54) is 25.7 Å². The summed E-state index contributed by atoms with van der Waals surface area (Å²) in [7, 11) is 0. The maximum absolute atomic E-state index is 9.85. The zero-order valence-electron chi connectivity index (χ0n) is 13.9. The molecule has 6 heteroatoms. The zero-order valence-corrected chi connectivity index (χ0v) is 13.9. The van der Waals surface area contributed by atoms with Crippen molar-refractivity contribution in [3.05, 3.63) is 11.7 Å². The maximum atomic E-state index is 9.85. The number of rotatable bonds is 5. The summed E-state index contributed by atoms with van der Waals surface area (Å²) in [5.74, 6) is 2.46. The number of piperidine rings is 2. The normalized spacial score (nSPS) is 28.3. The van der Waals surface area contributed by atoms with Crippen molar-refractivity contribution < 1.29 is 9.63 Å². The van der Waals surface area contributed by atoms with E-state index in [0.717, 1.165) is 69.6 Å². The van der Waals surface area contributed by atoms with Crippen LogP contribution >= 0.6 is 0 Å². The van der Waals surface area contributed by atoms with Crippen molar-refractivity contribution in [3.8, 4) is 0 Å². The van der Waals surface area contributed by atoms with Crippen LogP contribution in [0.1, 0.15) is 50.2 Å². The van der Waals surface area contributed by atoms with Crippen LogP contribution in [-0.4, -0.2) is 63.4 Å². The van der Waals surface area contributed by atoms with E-state index in [1.807, 2.05) is 0 Å². The minimum Gasteiger partial charge on any atom is -0.392 e. The van der Waals surface area contributed by atoms with Crippen LogP contribution < -0.4 is 0 Å². The van der Waals surface area contributed by atoms with E-state index in [0.29, 0.717) is 6.04 Å². The van der Waals surface area contributed by atoms with Gasteiger partial charge in [0.2, 0.25) is 5.89 Å². The molecule has 1 N–H and O–H groups in total. The van der Waals surface area contributed by atoms with Crippen LogP contribution in [0.25, 0.3) is 0 Å². The predicted molar refractivity (Wildman–Crippen MR) is 85.8 cm³/mol. The van der Waals surface area contributed by atoms with Gasteiger partial charge in [-0.1, -0.05) is 5.16 Å². The van der Waals surface area contributed by atoms with Crippen LogP contribution in [0.4, 0.5) is 0 Å². The van der Waals surface area contributed by atoms with Crippen LogP contribution in [-0.2, 0) is 13.0 Å². The van der Waals surface area contributed by atoms with Gasteiger partial charge in [-0.15, -0.1) is 0 Å². The van der Waals surface area contributed by atoms with Gasteiger partial charge in [0.05, 0.1) is 12.6 Å². The average Bonchev–Trinajstić information content (AvgIpc) is 3.26. The number of aliphatic hydroxyl groups excluding tert-OH is 1. The van der Waals surface area contributed by atoms with Gasteiger partial charge in [0.25, 0.3) is 0 Å². The maximum Gasteiger partial charge on any atom is 0.240 e. The van der Waals surface area contributed by atoms with E-state index in [2.05, 4.69) is 19.9 Å². The van der Waals surface area contributed by atoms with E-state index in [9.17, 15) is 5.11 Å². The van der Waals surface area contributed by atoms with Gasteiger partial charge >= 0.3 is 0 Å². The molecular weight excluding hydrogens is 292 g/mol. The Labute approximate surface area is 137 Å². The molecule has 6 nitrogen and oxygen atoms in total. The molecule has 1 aromatic rings. The molecule has 1 atom stereocenters. The summed E-state index contributed by atoms with van der Waals surface area (Å²) in [5, 5.41) is 14.0. The molecule has 3 fully saturated rings. The van der Waals surface area contributed by atoms with E-state index < -0.39 is 0 Å². The molecule has 0 aromatic carbocycles. The molecule has 0 spiro atoms. The molecule has 128 valence electrons. The third-order valence-electron chi connectivity index (χ3n) is 5.54. The Hall–Kier alpha value is -0.980. The summed E-state index contributed by atoms with van der Waals surface area (Å²) in [6, 6.07) is 0.634. The topological polar surface area (TPSA) is 65.6 Å². The molecule has 1 aromatic heterocycles. The van der Waals surface area contributed by atoms with Crippen molar-refractivity contribution in [2.24, 2.45) is 5.92 Å². The Kier molecular flexibility index (Phi) is 4.64. The highest BCUT2D eigenvalue weighted by atomic mass is 16.5. The molecule has 23 heavy (non-hydrogen) atoms. The molecule has 0 unspecified atom stereocenters. The molecule has 1 aliphatic carbocycles. The van der Waals surface area contributed by atoms with E-state index >= 15 is 0 Å². The number of hydrogen-bond donors (Lipinski definition) is 1. The van der Waals surface area contributed by atoms with Gasteiger partial charge in [-0.3, -0.25) is 9.80 Å². The molecule has 3 heterocycles. The first-order chi connectivity index (χ1) is 11.3. The molecule has 0 bridgehead atoms. The van der Waals surface area contributed by atoms with Gasteiger partial charge in [-0.05, 0) is 51.0 Å². The fourth-order valence-electron chi connectivity index (χ4n) is 3.97. The van der Waals surface area contributed by atoms with E-state index in [1.54, 1.807) is 0 Å². The van der Waals surface area contributed by atoms with Gasteiger partial charge in [0.15, 0.2) is 5.82 Å². The molecule has 0 radical (unpaired) electrons. The fraction of sp³-hybridized carbons (Fsp3) is 0.882. The average molecular weight is 320 g/mol. The van der Waals surface area contributed by atoms with Crippen molar-refractivity contribution in [2.45, 2.75) is 63.6 Å². The number of aliphatic hydroxyl groups is 1. The summed E-state index contributed by atoms with van der Waals surface area (Å²) in [6.45, 7) is 4.96. The summed E-state index contributed by atoms with van der Waals surface area (Å²) in [5.41, 5.74) is 0. The molecule has 2 aliphatic heterocycles. The largest absolute Gasteiger partial charge is 0.392 e. The highest BCUT2D eigenvalue weighted by molar-refractivity contribution is 4.93. The first-order valence-electron chi connectivity index (χ1n) is 9.22. The van der Waals surface area contributed by atoms with Gasteiger partial charge in [0, 0.05) is 32.1 Å². The summed E-state index contributed by atoms with van der Waals surface area (Å²) >= 11 is 0. The molecular formula is C17H28N4O2. The first-order valence-corrected chi connectivity index (χ1v) is 9.22. The minimum absolute atomic E-state index is 0.120. The Morgan fingerprint density at radius 1 is 1.09 bits per heavy atom. The third-order valence-corrected chi connectivity index (χ3v) is 5.54. The third kappa shape index (κ3) is 4.11. The highest BCUT2D eigenvalue weighted by Gasteiger charge is 2.29. The SMILES string of the molecule is O[C@H]1CCCN(C2CCN(Cc3nc(CC4CC4)no3)CC2)C1. The van der Waals surface area contributed by atoms with Gasteiger partial charge in [-0.25, -0.2) is 0 Å². The van der Waals surface area contributed by atoms with Crippen molar-refractivity contribution in [1.29, 1.82) is 0 Å². The molecule has 0 amide bonds. The van der Waals surface area contributed by atoms with Crippen molar-refractivity contribution >= 4 is 0 Å². The number of nitrogens with zero attached hydrogens (tertiary/aromatic N) is 4. The molecule has 4 rings (SSSR count). The lowest BCUT2D eigenvalue weighted by Crippen LogP contribution is -2.49. The number of β-amino-alcohol motifs (C(OH)–C–C–N with tert-alkyl or cyclic N) is 1. The van der Waals surface area contributed by atoms with Crippen LogP contribution in [0.5, 0.6) is 0 Å². The highest BCUT2D eigenvalue weighted by Crippen LogP contribution is 2.31. The summed E-state index contributed by atoms with van der Waals surface area (Å²) < 4.78 is 5.41. The van der Waals surface area contributed by atoms with Gasteiger partial charge in [0.1, 0.15) is 0 Å². The lowest BCUT2D eigenvalue weighted by Gasteiger charge is -2.41. The predicted octanol–water partition coefficient (Wildman–Crippen LogP) is 1.44. The van der Waals surface area contributed by atoms with E-state index in [4.69, 9.17) is 4.52 Å². The quantitative estimate of drug-likeness (QED) is 0.886. The van der Waals surface area contributed by atoms with Crippen molar-refractivity contribution in [3.63, 3.8) is 0 Å².